The van der Waals surface area contributed by atoms with E-state index in [4.69, 9.17) is 14.2 Å². The summed E-state index contributed by atoms with van der Waals surface area (Å²) in [5, 5.41) is 2.73. The van der Waals surface area contributed by atoms with Gasteiger partial charge in [0.2, 0.25) is 5.91 Å². The first kappa shape index (κ1) is 19.0. The number of rotatable bonds is 8. The van der Waals surface area contributed by atoms with E-state index in [1.165, 1.54) is 11.8 Å². The number of carbonyl (C=O) groups is 1. The fourth-order valence-corrected chi connectivity index (χ4v) is 3.14. The van der Waals surface area contributed by atoms with Crippen LogP contribution < -0.4 is 19.5 Å². The van der Waals surface area contributed by atoms with Gasteiger partial charge in [-0.1, -0.05) is 12.1 Å². The highest BCUT2D eigenvalue weighted by atomic mass is 32.2. The average Bonchev–Trinajstić information content (AvgIpc) is 2.66. The number of ether oxygens (including phenoxy) is 3. The van der Waals surface area contributed by atoms with Crippen molar-refractivity contribution in [1.82, 2.24) is 5.32 Å². The molecule has 0 aliphatic carbocycles. The lowest BCUT2D eigenvalue weighted by Crippen LogP contribution is -2.30. The maximum absolute atomic E-state index is 12.3. The summed E-state index contributed by atoms with van der Waals surface area (Å²) in [6, 6.07) is 13.3. The Morgan fingerprint density at radius 2 is 1.68 bits per heavy atom. The number of methoxy groups -OCH3 is 3. The van der Waals surface area contributed by atoms with Gasteiger partial charge in [-0.15, -0.1) is 11.8 Å². The van der Waals surface area contributed by atoms with Crippen molar-refractivity contribution in [2.75, 3.05) is 21.3 Å². The zero-order chi connectivity index (χ0) is 18.2. The van der Waals surface area contributed by atoms with Crippen LogP contribution in [0, 0.1) is 0 Å². The minimum atomic E-state index is -0.226. The molecule has 0 saturated carbocycles. The maximum atomic E-state index is 12.3. The van der Waals surface area contributed by atoms with Gasteiger partial charge in [0.15, 0.2) is 11.5 Å². The van der Waals surface area contributed by atoms with Gasteiger partial charge in [-0.2, -0.15) is 0 Å². The average molecular weight is 361 g/mol. The van der Waals surface area contributed by atoms with E-state index in [0.29, 0.717) is 18.0 Å². The molecule has 0 saturated heterocycles. The molecule has 6 heteroatoms. The van der Waals surface area contributed by atoms with Crippen LogP contribution in [0.25, 0.3) is 0 Å². The van der Waals surface area contributed by atoms with Gasteiger partial charge in [-0.05, 0) is 42.8 Å². The molecule has 1 atom stereocenters. The molecule has 0 spiro atoms. The van der Waals surface area contributed by atoms with Crippen LogP contribution in [-0.4, -0.2) is 32.5 Å². The quantitative estimate of drug-likeness (QED) is 0.729. The summed E-state index contributed by atoms with van der Waals surface area (Å²) in [5.41, 5.74) is 1.03. The Morgan fingerprint density at radius 1 is 1.00 bits per heavy atom. The Morgan fingerprint density at radius 3 is 2.28 bits per heavy atom. The van der Waals surface area contributed by atoms with Crippen LogP contribution in [-0.2, 0) is 11.3 Å². The number of amides is 1. The zero-order valence-electron chi connectivity index (χ0n) is 14.9. The SMILES string of the molecule is COc1ccc(CNC(=O)[C@@H](C)Sc2ccc(OC)c(OC)c2)cc1. The van der Waals surface area contributed by atoms with Crippen LogP contribution in [0.4, 0.5) is 0 Å². The van der Waals surface area contributed by atoms with Crippen molar-refractivity contribution in [3.63, 3.8) is 0 Å². The zero-order valence-corrected chi connectivity index (χ0v) is 15.7. The molecule has 2 aromatic carbocycles. The second-order valence-corrected chi connectivity index (χ2v) is 6.76. The Kier molecular flexibility index (Phi) is 7.01. The fourth-order valence-electron chi connectivity index (χ4n) is 2.22. The lowest BCUT2D eigenvalue weighted by atomic mass is 10.2. The van der Waals surface area contributed by atoms with Crippen LogP contribution in [0.3, 0.4) is 0 Å². The monoisotopic (exact) mass is 361 g/mol. The first-order valence-corrected chi connectivity index (χ1v) is 8.74. The molecule has 1 amide bonds. The van der Waals surface area contributed by atoms with Crippen molar-refractivity contribution in [2.45, 2.75) is 23.6 Å². The third kappa shape index (κ3) is 5.32. The van der Waals surface area contributed by atoms with Gasteiger partial charge in [0.1, 0.15) is 5.75 Å². The molecular formula is C19H23NO4S. The molecule has 0 heterocycles. The van der Waals surface area contributed by atoms with Crippen LogP contribution in [0.2, 0.25) is 0 Å². The van der Waals surface area contributed by atoms with Crippen molar-refractivity contribution >= 4 is 17.7 Å². The molecule has 0 unspecified atom stereocenters. The second kappa shape index (κ2) is 9.22. The van der Waals surface area contributed by atoms with Crippen molar-refractivity contribution < 1.29 is 19.0 Å². The molecule has 2 aromatic rings. The van der Waals surface area contributed by atoms with Crippen molar-refractivity contribution in [3.8, 4) is 17.2 Å². The topological polar surface area (TPSA) is 56.8 Å². The van der Waals surface area contributed by atoms with E-state index in [-0.39, 0.29) is 11.2 Å². The predicted molar refractivity (Wildman–Crippen MR) is 99.7 cm³/mol. The molecule has 0 aliphatic heterocycles. The third-order valence-electron chi connectivity index (χ3n) is 3.66. The van der Waals surface area contributed by atoms with Gasteiger partial charge in [-0.3, -0.25) is 4.79 Å². The Labute approximate surface area is 152 Å². The molecule has 2 rings (SSSR count). The van der Waals surface area contributed by atoms with E-state index in [9.17, 15) is 4.79 Å². The van der Waals surface area contributed by atoms with E-state index >= 15 is 0 Å². The highest BCUT2D eigenvalue weighted by molar-refractivity contribution is 8.00. The second-order valence-electron chi connectivity index (χ2n) is 5.34. The number of thioether (sulfide) groups is 1. The van der Waals surface area contributed by atoms with Crippen molar-refractivity contribution in [3.05, 3.63) is 48.0 Å². The molecule has 5 nitrogen and oxygen atoms in total. The molecule has 0 bridgehead atoms. The molecule has 0 aliphatic rings. The smallest absolute Gasteiger partial charge is 0.233 e. The summed E-state index contributed by atoms with van der Waals surface area (Å²) in [6.45, 7) is 2.37. The molecule has 134 valence electrons. The van der Waals surface area contributed by atoms with Crippen molar-refractivity contribution in [2.24, 2.45) is 0 Å². The molecular weight excluding hydrogens is 338 g/mol. The number of nitrogens with one attached hydrogen (secondary N) is 1. The summed E-state index contributed by atoms with van der Waals surface area (Å²) in [5.74, 6) is 2.10. The fraction of sp³-hybridized carbons (Fsp3) is 0.316. The lowest BCUT2D eigenvalue weighted by Gasteiger charge is -2.14. The summed E-state index contributed by atoms with van der Waals surface area (Å²) in [7, 11) is 4.82. The molecule has 0 fully saturated rings. The number of hydrogen-bond acceptors (Lipinski definition) is 5. The van der Waals surface area contributed by atoms with E-state index < -0.39 is 0 Å². The van der Waals surface area contributed by atoms with E-state index in [0.717, 1.165) is 16.2 Å². The summed E-state index contributed by atoms with van der Waals surface area (Å²) in [4.78, 5) is 13.3. The largest absolute Gasteiger partial charge is 0.497 e. The van der Waals surface area contributed by atoms with Crippen LogP contribution in [0.15, 0.2) is 47.4 Å². The van der Waals surface area contributed by atoms with E-state index in [1.54, 1.807) is 21.3 Å². The standard InChI is InChI=1S/C19H23NO4S/c1-13(25-16-9-10-17(23-3)18(11-16)24-4)19(21)20-12-14-5-7-15(22-2)8-6-14/h5-11,13H,12H2,1-4H3,(H,20,21)/t13-/m1/s1. The van der Waals surface area contributed by atoms with Gasteiger partial charge in [0.05, 0.1) is 26.6 Å². The number of hydrogen-bond donors (Lipinski definition) is 1. The van der Waals surface area contributed by atoms with Crippen LogP contribution in [0.1, 0.15) is 12.5 Å². The summed E-state index contributed by atoms with van der Waals surface area (Å²) in [6.07, 6.45) is 0. The third-order valence-corrected chi connectivity index (χ3v) is 4.76. The van der Waals surface area contributed by atoms with Gasteiger partial charge in [-0.25, -0.2) is 0 Å². The minimum absolute atomic E-state index is 0.0180. The molecule has 0 radical (unpaired) electrons. The molecule has 1 N–H and O–H groups in total. The highest BCUT2D eigenvalue weighted by Crippen LogP contribution is 2.33. The van der Waals surface area contributed by atoms with Gasteiger partial charge >= 0.3 is 0 Å². The van der Waals surface area contributed by atoms with Crippen LogP contribution >= 0.6 is 11.8 Å². The van der Waals surface area contributed by atoms with Crippen LogP contribution in [0.5, 0.6) is 17.2 Å². The van der Waals surface area contributed by atoms with Gasteiger partial charge < -0.3 is 19.5 Å². The van der Waals surface area contributed by atoms with E-state index in [1.807, 2.05) is 49.4 Å². The number of carbonyl (C=O) groups excluding carboxylic acids is 1. The Hall–Kier alpha value is -2.34. The van der Waals surface area contributed by atoms with Gasteiger partial charge in [0, 0.05) is 11.4 Å². The van der Waals surface area contributed by atoms with E-state index in [2.05, 4.69) is 5.32 Å². The minimum Gasteiger partial charge on any atom is -0.497 e. The lowest BCUT2D eigenvalue weighted by molar-refractivity contribution is -0.120. The highest BCUT2D eigenvalue weighted by Gasteiger charge is 2.15. The van der Waals surface area contributed by atoms with Gasteiger partial charge in [0.25, 0.3) is 0 Å². The Bertz CT molecular complexity index is 703. The summed E-state index contributed by atoms with van der Waals surface area (Å²) >= 11 is 1.47. The van der Waals surface area contributed by atoms with Crippen molar-refractivity contribution in [1.29, 1.82) is 0 Å². The molecule has 25 heavy (non-hydrogen) atoms. The first-order chi connectivity index (χ1) is 12.1. The first-order valence-electron chi connectivity index (χ1n) is 7.86. The predicted octanol–water partition coefficient (Wildman–Crippen LogP) is 3.51. The maximum Gasteiger partial charge on any atom is 0.233 e. The Balaban J connectivity index is 1.91. The molecule has 0 aromatic heterocycles. The number of benzene rings is 2. The summed E-state index contributed by atoms with van der Waals surface area (Å²) < 4.78 is 15.6. The normalized spacial score (nSPS) is 11.5.